The summed E-state index contributed by atoms with van der Waals surface area (Å²) < 4.78 is 1.92. The van der Waals surface area contributed by atoms with Crippen LogP contribution in [0.25, 0.3) is 0 Å². The zero-order valence-corrected chi connectivity index (χ0v) is 9.29. The lowest BCUT2D eigenvalue weighted by molar-refractivity contribution is -0.125. The van der Waals surface area contributed by atoms with Gasteiger partial charge in [-0.15, -0.1) is 0 Å². The quantitative estimate of drug-likeness (QED) is 0.774. The van der Waals surface area contributed by atoms with Crippen molar-refractivity contribution in [3.05, 3.63) is 17.5 Å². The maximum Gasteiger partial charge on any atom is 0.223 e. The fourth-order valence-corrected chi connectivity index (χ4v) is 2.22. The summed E-state index contributed by atoms with van der Waals surface area (Å²) in [5.74, 6) is 0.327. The zero-order chi connectivity index (χ0) is 10.8. The van der Waals surface area contributed by atoms with Crippen LogP contribution in [0, 0.1) is 5.92 Å². The maximum absolute atomic E-state index is 11.7. The van der Waals surface area contributed by atoms with Gasteiger partial charge in [-0.1, -0.05) is 0 Å². The van der Waals surface area contributed by atoms with Gasteiger partial charge in [0.05, 0.1) is 6.20 Å². The summed E-state index contributed by atoms with van der Waals surface area (Å²) in [6.07, 6.45) is 4.64. The molecule has 1 aromatic rings. The number of rotatable bonds is 2. The summed E-state index contributed by atoms with van der Waals surface area (Å²) in [5, 5.41) is 7.11. The van der Waals surface area contributed by atoms with Crippen LogP contribution in [0.1, 0.15) is 24.6 Å². The minimum absolute atomic E-state index is 0.140. The van der Waals surface area contributed by atoms with Gasteiger partial charge >= 0.3 is 0 Å². The number of hydrogen-bond donors (Lipinski definition) is 1. The second kappa shape index (κ2) is 4.04. The number of fused-ring (bicyclic) bond motifs is 1. The van der Waals surface area contributed by atoms with E-state index in [2.05, 4.69) is 10.4 Å². The Hall–Kier alpha value is -1.32. The molecule has 0 aliphatic heterocycles. The molecule has 0 spiro atoms. The smallest absolute Gasteiger partial charge is 0.223 e. The molecule has 0 bridgehead atoms. The Morgan fingerprint density at radius 1 is 1.73 bits per heavy atom. The lowest BCUT2D eigenvalue weighted by Crippen LogP contribution is -2.33. The number of carbonyl (C=O) groups excluding carboxylic acids is 1. The van der Waals surface area contributed by atoms with Gasteiger partial charge in [-0.25, -0.2) is 0 Å². The molecular weight excluding hydrogens is 190 g/mol. The molecule has 15 heavy (non-hydrogen) atoms. The third-order valence-electron chi connectivity index (χ3n) is 3.07. The van der Waals surface area contributed by atoms with Crippen molar-refractivity contribution in [2.24, 2.45) is 13.0 Å². The number of aromatic nitrogens is 2. The summed E-state index contributed by atoms with van der Waals surface area (Å²) in [6, 6.07) is 0. The van der Waals surface area contributed by atoms with Gasteiger partial charge in [-0.3, -0.25) is 9.48 Å². The second-order valence-corrected chi connectivity index (χ2v) is 4.07. The van der Waals surface area contributed by atoms with Crippen molar-refractivity contribution in [2.45, 2.75) is 26.2 Å². The van der Waals surface area contributed by atoms with Crippen LogP contribution in [-0.4, -0.2) is 22.2 Å². The molecule has 4 heteroatoms. The minimum atomic E-state index is 0.140. The monoisotopic (exact) mass is 207 g/mol. The van der Waals surface area contributed by atoms with Crippen molar-refractivity contribution in [2.75, 3.05) is 6.54 Å². The second-order valence-electron chi connectivity index (χ2n) is 4.07. The normalized spacial score (nSPS) is 19.7. The number of nitrogens with zero attached hydrogens (tertiary/aromatic N) is 2. The number of carbonyl (C=O) groups is 1. The molecule has 1 atom stereocenters. The SMILES string of the molecule is CCNC(=O)C1CCc2c(cnn2C)C1. The Balaban J connectivity index is 2.09. The molecule has 82 valence electrons. The number of amides is 1. The summed E-state index contributed by atoms with van der Waals surface area (Å²) >= 11 is 0. The van der Waals surface area contributed by atoms with Crippen LogP contribution in [0.5, 0.6) is 0 Å². The predicted octanol–water partition coefficient (Wildman–Crippen LogP) is 0.661. The molecule has 0 aromatic carbocycles. The molecule has 1 aliphatic carbocycles. The van der Waals surface area contributed by atoms with Crippen molar-refractivity contribution in [1.29, 1.82) is 0 Å². The molecular formula is C11H17N3O. The van der Waals surface area contributed by atoms with Crippen LogP contribution in [0.3, 0.4) is 0 Å². The zero-order valence-electron chi connectivity index (χ0n) is 9.29. The van der Waals surface area contributed by atoms with Gasteiger partial charge in [-0.2, -0.15) is 5.10 Å². The fraction of sp³-hybridized carbons (Fsp3) is 0.636. The molecule has 1 amide bonds. The molecule has 1 aromatic heterocycles. The largest absolute Gasteiger partial charge is 0.356 e. The summed E-state index contributed by atoms with van der Waals surface area (Å²) in [6.45, 7) is 2.67. The van der Waals surface area contributed by atoms with Gasteiger partial charge in [0.25, 0.3) is 0 Å². The van der Waals surface area contributed by atoms with Crippen molar-refractivity contribution < 1.29 is 4.79 Å². The summed E-state index contributed by atoms with van der Waals surface area (Å²) in [4.78, 5) is 11.7. The minimum Gasteiger partial charge on any atom is -0.356 e. The molecule has 4 nitrogen and oxygen atoms in total. The molecule has 1 unspecified atom stereocenters. The van der Waals surface area contributed by atoms with E-state index in [1.54, 1.807) is 0 Å². The van der Waals surface area contributed by atoms with Crippen molar-refractivity contribution in [3.8, 4) is 0 Å². The Morgan fingerprint density at radius 2 is 2.53 bits per heavy atom. The lowest BCUT2D eigenvalue weighted by Gasteiger charge is -2.21. The van der Waals surface area contributed by atoms with Crippen molar-refractivity contribution in [1.82, 2.24) is 15.1 Å². The standard InChI is InChI=1S/C11H17N3O/c1-3-12-11(15)8-4-5-10-9(6-8)7-13-14(10)2/h7-8H,3-6H2,1-2H3,(H,12,15). The van der Waals surface area contributed by atoms with Crippen molar-refractivity contribution in [3.63, 3.8) is 0 Å². The van der Waals surface area contributed by atoms with Gasteiger partial charge in [0.15, 0.2) is 0 Å². The van der Waals surface area contributed by atoms with Crippen LogP contribution in [-0.2, 0) is 24.7 Å². The highest BCUT2D eigenvalue weighted by Crippen LogP contribution is 2.24. The fourth-order valence-electron chi connectivity index (χ4n) is 2.22. The first-order chi connectivity index (χ1) is 7.22. The van der Waals surface area contributed by atoms with Gasteiger partial charge in [-0.05, 0) is 31.7 Å². The predicted molar refractivity (Wildman–Crippen MR) is 57.4 cm³/mol. The van der Waals surface area contributed by atoms with E-state index in [9.17, 15) is 4.79 Å². The Morgan fingerprint density at radius 3 is 3.27 bits per heavy atom. The average molecular weight is 207 g/mol. The van der Waals surface area contributed by atoms with E-state index in [0.717, 1.165) is 25.8 Å². The number of aryl methyl sites for hydroxylation is 1. The average Bonchev–Trinajstić information content (AvgIpc) is 2.60. The molecule has 2 rings (SSSR count). The van der Waals surface area contributed by atoms with Crippen LogP contribution in [0.4, 0.5) is 0 Å². The number of nitrogens with one attached hydrogen (secondary N) is 1. The summed E-state index contributed by atoms with van der Waals surface area (Å²) in [5.41, 5.74) is 2.52. The van der Waals surface area contributed by atoms with Gasteiger partial charge in [0.2, 0.25) is 5.91 Å². The van der Waals surface area contributed by atoms with E-state index in [1.807, 2.05) is 24.9 Å². The van der Waals surface area contributed by atoms with Gasteiger partial charge in [0, 0.05) is 25.2 Å². The highest BCUT2D eigenvalue weighted by atomic mass is 16.1. The molecule has 0 saturated carbocycles. The highest BCUT2D eigenvalue weighted by Gasteiger charge is 2.26. The third kappa shape index (κ3) is 1.89. The Labute approximate surface area is 89.7 Å². The molecule has 0 radical (unpaired) electrons. The Bertz CT molecular complexity index is 370. The first-order valence-electron chi connectivity index (χ1n) is 5.49. The van der Waals surface area contributed by atoms with E-state index in [4.69, 9.17) is 0 Å². The first-order valence-corrected chi connectivity index (χ1v) is 5.49. The van der Waals surface area contributed by atoms with Crippen molar-refractivity contribution >= 4 is 5.91 Å². The topological polar surface area (TPSA) is 46.9 Å². The lowest BCUT2D eigenvalue weighted by atomic mass is 9.87. The number of hydrogen-bond acceptors (Lipinski definition) is 2. The van der Waals surface area contributed by atoms with Gasteiger partial charge < -0.3 is 5.32 Å². The van der Waals surface area contributed by atoms with E-state index in [0.29, 0.717) is 0 Å². The van der Waals surface area contributed by atoms with Crippen LogP contribution in [0.2, 0.25) is 0 Å². The molecule has 1 N–H and O–H groups in total. The maximum atomic E-state index is 11.7. The van der Waals surface area contributed by atoms with E-state index in [1.165, 1.54) is 11.3 Å². The van der Waals surface area contributed by atoms with E-state index >= 15 is 0 Å². The third-order valence-corrected chi connectivity index (χ3v) is 3.07. The van der Waals surface area contributed by atoms with E-state index < -0.39 is 0 Å². The Kier molecular flexibility index (Phi) is 2.75. The molecule has 0 fully saturated rings. The first kappa shape index (κ1) is 10.2. The highest BCUT2D eigenvalue weighted by molar-refractivity contribution is 5.79. The molecule has 1 heterocycles. The van der Waals surface area contributed by atoms with E-state index in [-0.39, 0.29) is 11.8 Å². The summed E-state index contributed by atoms with van der Waals surface area (Å²) in [7, 11) is 1.96. The van der Waals surface area contributed by atoms with Crippen LogP contribution >= 0.6 is 0 Å². The van der Waals surface area contributed by atoms with Gasteiger partial charge in [0.1, 0.15) is 0 Å². The molecule has 1 aliphatic rings. The van der Waals surface area contributed by atoms with Crippen LogP contribution in [0.15, 0.2) is 6.20 Å². The molecule has 0 saturated heterocycles. The van der Waals surface area contributed by atoms with Crippen LogP contribution < -0.4 is 5.32 Å².